The van der Waals surface area contributed by atoms with Gasteiger partial charge in [0.15, 0.2) is 0 Å². The fourth-order valence-electron chi connectivity index (χ4n) is 3.00. The number of nitrogens with zero attached hydrogens (tertiary/aromatic N) is 2. The van der Waals surface area contributed by atoms with E-state index < -0.39 is 0 Å². The van der Waals surface area contributed by atoms with Gasteiger partial charge in [-0.05, 0) is 35.4 Å². The summed E-state index contributed by atoms with van der Waals surface area (Å²) >= 11 is 0. The second kappa shape index (κ2) is 7.47. The first kappa shape index (κ1) is 17.8. The average Bonchev–Trinajstić information content (AvgIpc) is 3.07. The van der Waals surface area contributed by atoms with E-state index in [1.165, 1.54) is 24.1 Å². The summed E-state index contributed by atoms with van der Waals surface area (Å²) < 4.78 is 13.2. The molecule has 0 aliphatic carbocycles. The Labute approximate surface area is 151 Å². The molecule has 134 valence electrons. The highest BCUT2D eigenvalue weighted by Gasteiger charge is 2.32. The minimum atomic E-state index is -0.315. The first-order chi connectivity index (χ1) is 12.5. The van der Waals surface area contributed by atoms with E-state index in [1.807, 2.05) is 18.2 Å². The maximum Gasteiger partial charge on any atom is 0.242 e. The Kier molecular flexibility index (Phi) is 5.11. The number of hydrazone groups is 1. The second-order valence-electron chi connectivity index (χ2n) is 6.17. The van der Waals surface area contributed by atoms with Gasteiger partial charge >= 0.3 is 0 Å². The number of hydrogen-bond acceptors (Lipinski definition) is 3. The molecule has 0 saturated carbocycles. The molecule has 6 heteroatoms. The molecule has 2 amide bonds. The van der Waals surface area contributed by atoms with Gasteiger partial charge in [0.2, 0.25) is 11.8 Å². The first-order valence-corrected chi connectivity index (χ1v) is 8.51. The summed E-state index contributed by atoms with van der Waals surface area (Å²) in [6, 6.07) is 13.2. The minimum absolute atomic E-state index is 0.0904. The van der Waals surface area contributed by atoms with Crippen LogP contribution in [-0.2, 0) is 9.59 Å². The highest BCUT2D eigenvalue weighted by molar-refractivity contribution is 6.04. The Balaban J connectivity index is 1.92. The molecule has 5 nitrogen and oxygen atoms in total. The largest absolute Gasteiger partial charge is 0.326 e. The van der Waals surface area contributed by atoms with E-state index in [4.69, 9.17) is 0 Å². The van der Waals surface area contributed by atoms with Crippen LogP contribution in [0.2, 0.25) is 0 Å². The van der Waals surface area contributed by atoms with Crippen molar-refractivity contribution < 1.29 is 14.0 Å². The van der Waals surface area contributed by atoms with Crippen molar-refractivity contribution in [3.8, 4) is 0 Å². The predicted octanol–water partition coefficient (Wildman–Crippen LogP) is 3.87. The summed E-state index contributed by atoms with van der Waals surface area (Å²) in [6.07, 6.45) is 0.862. The quantitative estimate of drug-likeness (QED) is 0.907. The van der Waals surface area contributed by atoms with E-state index in [9.17, 15) is 14.0 Å². The van der Waals surface area contributed by atoms with Crippen molar-refractivity contribution in [2.45, 2.75) is 32.7 Å². The lowest BCUT2D eigenvalue weighted by molar-refractivity contribution is -0.132. The SMILES string of the molecule is CCC(=O)N1N=C(c2cccc(NC(C)=O)c2)CC1c1ccc(F)cc1. The van der Waals surface area contributed by atoms with Crippen LogP contribution >= 0.6 is 0 Å². The van der Waals surface area contributed by atoms with Gasteiger partial charge in [-0.15, -0.1) is 0 Å². The Hall–Kier alpha value is -3.02. The highest BCUT2D eigenvalue weighted by atomic mass is 19.1. The van der Waals surface area contributed by atoms with Crippen molar-refractivity contribution in [2.75, 3.05) is 5.32 Å². The van der Waals surface area contributed by atoms with Crippen LogP contribution in [-0.4, -0.2) is 22.5 Å². The molecular weight excluding hydrogens is 333 g/mol. The lowest BCUT2D eigenvalue weighted by Gasteiger charge is -2.21. The maximum atomic E-state index is 13.2. The molecule has 1 aliphatic rings. The van der Waals surface area contributed by atoms with Gasteiger partial charge in [0.1, 0.15) is 5.82 Å². The van der Waals surface area contributed by atoms with Gasteiger partial charge in [0, 0.05) is 25.5 Å². The van der Waals surface area contributed by atoms with Gasteiger partial charge < -0.3 is 5.32 Å². The van der Waals surface area contributed by atoms with Gasteiger partial charge in [-0.25, -0.2) is 9.40 Å². The molecule has 3 rings (SSSR count). The minimum Gasteiger partial charge on any atom is -0.326 e. The topological polar surface area (TPSA) is 61.8 Å². The molecule has 0 fully saturated rings. The van der Waals surface area contributed by atoms with E-state index in [2.05, 4.69) is 10.4 Å². The van der Waals surface area contributed by atoms with Gasteiger partial charge in [-0.3, -0.25) is 9.59 Å². The molecule has 26 heavy (non-hydrogen) atoms. The molecule has 1 atom stereocenters. The van der Waals surface area contributed by atoms with E-state index in [-0.39, 0.29) is 23.7 Å². The predicted molar refractivity (Wildman–Crippen MR) is 98.2 cm³/mol. The summed E-state index contributed by atoms with van der Waals surface area (Å²) in [5.74, 6) is -0.556. The van der Waals surface area contributed by atoms with Crippen molar-refractivity contribution in [3.05, 3.63) is 65.5 Å². The van der Waals surface area contributed by atoms with E-state index in [0.29, 0.717) is 18.5 Å². The zero-order valence-electron chi connectivity index (χ0n) is 14.7. The molecule has 1 unspecified atom stereocenters. The monoisotopic (exact) mass is 353 g/mol. The third-order valence-electron chi connectivity index (χ3n) is 4.24. The molecule has 1 heterocycles. The van der Waals surface area contributed by atoms with E-state index in [1.54, 1.807) is 25.1 Å². The molecular formula is C20H20FN3O2. The summed E-state index contributed by atoms with van der Waals surface area (Å²) in [7, 11) is 0. The molecule has 0 radical (unpaired) electrons. The van der Waals surface area contributed by atoms with Crippen LogP contribution in [0, 0.1) is 5.82 Å². The van der Waals surface area contributed by atoms with Gasteiger partial charge in [0.05, 0.1) is 11.8 Å². The molecule has 0 spiro atoms. The fraction of sp³-hybridized carbons (Fsp3) is 0.250. The lowest BCUT2D eigenvalue weighted by Crippen LogP contribution is -2.26. The standard InChI is InChI=1S/C20H20FN3O2/c1-3-20(26)24-19(14-7-9-16(21)10-8-14)12-18(23-24)15-5-4-6-17(11-15)22-13(2)25/h4-11,19H,3,12H2,1-2H3,(H,22,25). The average molecular weight is 353 g/mol. The number of benzene rings is 2. The normalized spacial score (nSPS) is 16.3. The third kappa shape index (κ3) is 3.79. The van der Waals surface area contributed by atoms with Crippen molar-refractivity contribution >= 4 is 23.2 Å². The molecule has 2 aromatic carbocycles. The van der Waals surface area contributed by atoms with Crippen LogP contribution in [0.3, 0.4) is 0 Å². The molecule has 1 N–H and O–H groups in total. The molecule has 0 bridgehead atoms. The number of carbonyl (C=O) groups is 2. The van der Waals surface area contributed by atoms with Gasteiger partial charge in [-0.1, -0.05) is 31.2 Å². The number of halogens is 1. The van der Waals surface area contributed by atoms with Crippen LogP contribution in [0.15, 0.2) is 53.6 Å². The van der Waals surface area contributed by atoms with E-state index >= 15 is 0 Å². The van der Waals surface area contributed by atoms with Crippen LogP contribution in [0.25, 0.3) is 0 Å². The fourth-order valence-corrected chi connectivity index (χ4v) is 3.00. The van der Waals surface area contributed by atoms with Crippen molar-refractivity contribution in [1.29, 1.82) is 0 Å². The van der Waals surface area contributed by atoms with Crippen LogP contribution in [0.4, 0.5) is 10.1 Å². The van der Waals surface area contributed by atoms with E-state index in [0.717, 1.165) is 16.8 Å². The summed E-state index contributed by atoms with van der Waals surface area (Å²) in [6.45, 7) is 3.24. The zero-order chi connectivity index (χ0) is 18.7. The molecule has 0 aromatic heterocycles. The van der Waals surface area contributed by atoms with Crippen molar-refractivity contribution in [2.24, 2.45) is 5.10 Å². The number of rotatable bonds is 4. The smallest absolute Gasteiger partial charge is 0.242 e. The number of carbonyl (C=O) groups excluding carboxylic acids is 2. The third-order valence-corrected chi connectivity index (χ3v) is 4.24. The number of anilines is 1. The Morgan fingerprint density at radius 1 is 1.23 bits per heavy atom. The maximum absolute atomic E-state index is 13.2. The van der Waals surface area contributed by atoms with Crippen LogP contribution in [0.1, 0.15) is 43.9 Å². The Morgan fingerprint density at radius 3 is 2.62 bits per heavy atom. The molecule has 1 aliphatic heterocycles. The van der Waals surface area contributed by atoms with Crippen LogP contribution < -0.4 is 5.32 Å². The number of hydrogen-bond donors (Lipinski definition) is 1. The first-order valence-electron chi connectivity index (χ1n) is 8.51. The number of nitrogens with one attached hydrogen (secondary N) is 1. The van der Waals surface area contributed by atoms with Crippen LogP contribution in [0.5, 0.6) is 0 Å². The van der Waals surface area contributed by atoms with Crippen molar-refractivity contribution in [1.82, 2.24) is 5.01 Å². The summed E-state index contributed by atoms with van der Waals surface area (Å²) in [4.78, 5) is 23.6. The Bertz CT molecular complexity index is 862. The van der Waals surface area contributed by atoms with Crippen molar-refractivity contribution in [3.63, 3.8) is 0 Å². The molecule has 0 saturated heterocycles. The van der Waals surface area contributed by atoms with Gasteiger partial charge in [0.25, 0.3) is 0 Å². The lowest BCUT2D eigenvalue weighted by atomic mass is 9.98. The number of amides is 2. The Morgan fingerprint density at radius 2 is 1.96 bits per heavy atom. The zero-order valence-corrected chi connectivity index (χ0v) is 14.7. The van der Waals surface area contributed by atoms with Gasteiger partial charge in [-0.2, -0.15) is 5.10 Å². The summed E-state index contributed by atoms with van der Waals surface area (Å²) in [5, 5.41) is 8.75. The summed E-state index contributed by atoms with van der Waals surface area (Å²) in [5.41, 5.74) is 3.12. The highest BCUT2D eigenvalue weighted by Crippen LogP contribution is 2.33. The molecule has 2 aromatic rings. The second-order valence-corrected chi connectivity index (χ2v) is 6.17.